The lowest BCUT2D eigenvalue weighted by atomic mass is 9.69. The van der Waals surface area contributed by atoms with Crippen molar-refractivity contribution in [1.82, 2.24) is 0 Å². The average Bonchev–Trinajstić information content (AvgIpc) is 3.37. The topological polar surface area (TPSA) is 142 Å². The van der Waals surface area contributed by atoms with Gasteiger partial charge in [0.15, 0.2) is 12.6 Å². The van der Waals surface area contributed by atoms with Crippen molar-refractivity contribution in [3.8, 4) is 0 Å². The molecule has 10 nitrogen and oxygen atoms in total. The zero-order valence-corrected chi connectivity index (χ0v) is 27.6. The van der Waals surface area contributed by atoms with Crippen molar-refractivity contribution >= 4 is 24.1 Å². The largest absolute Gasteiger partial charge is 0.495 e. The van der Waals surface area contributed by atoms with Crippen LogP contribution in [0.15, 0.2) is 0 Å². The molecule has 0 aromatic carbocycles. The van der Waals surface area contributed by atoms with Crippen molar-refractivity contribution in [3.05, 3.63) is 5.53 Å². The van der Waals surface area contributed by atoms with Gasteiger partial charge in [-0.1, -0.05) is 27.7 Å². The van der Waals surface area contributed by atoms with Crippen LogP contribution in [0.5, 0.6) is 0 Å². The third kappa shape index (κ3) is 5.27. The Hall–Kier alpha value is -0.880. The highest BCUT2D eigenvalue weighted by Crippen LogP contribution is 2.68. The fourth-order valence-corrected chi connectivity index (χ4v) is 14.3. The normalized spacial score (nSPS) is 36.8. The van der Waals surface area contributed by atoms with Gasteiger partial charge in [-0.25, -0.2) is 16.8 Å². The predicted molar refractivity (Wildman–Crippen MR) is 155 cm³/mol. The summed E-state index contributed by atoms with van der Waals surface area (Å²) in [5.41, 5.74) is 7.52. The van der Waals surface area contributed by atoms with E-state index < -0.39 is 82.0 Å². The highest BCUT2D eigenvalue weighted by molar-refractivity contribution is 8.31. The molecule has 4 rings (SSSR count). The highest BCUT2D eigenvalue weighted by atomic mass is 32.3. The van der Waals surface area contributed by atoms with Crippen molar-refractivity contribution in [3.63, 3.8) is 0 Å². The van der Waals surface area contributed by atoms with E-state index in [1.165, 1.54) is 0 Å². The molecule has 0 heterocycles. The zero-order valence-electron chi connectivity index (χ0n) is 26.0. The van der Waals surface area contributed by atoms with E-state index >= 15 is 0 Å². The molecular formula is C29H50N2O8S2. The Kier molecular flexibility index (Phi) is 9.05. The second kappa shape index (κ2) is 11.2. The quantitative estimate of drug-likeness (QED) is 0.102. The number of hydrogen-bond acceptors (Lipinski definition) is 8. The maximum absolute atomic E-state index is 14.1. The van der Waals surface area contributed by atoms with E-state index in [-0.39, 0.29) is 11.8 Å². The van der Waals surface area contributed by atoms with Crippen LogP contribution in [0.2, 0.25) is 0 Å². The number of ether oxygens (including phenoxy) is 4. The van der Waals surface area contributed by atoms with Crippen molar-refractivity contribution in [2.45, 2.75) is 119 Å². The molecule has 8 unspecified atom stereocenters. The Morgan fingerprint density at radius 1 is 0.780 bits per heavy atom. The number of sulfone groups is 2. The van der Waals surface area contributed by atoms with Crippen LogP contribution in [0.1, 0.15) is 93.9 Å². The Morgan fingerprint density at radius 3 is 1.44 bits per heavy atom. The van der Waals surface area contributed by atoms with Gasteiger partial charge in [0.05, 0.1) is 23.7 Å². The van der Waals surface area contributed by atoms with E-state index in [2.05, 4.69) is 4.79 Å². The molecule has 236 valence electrons. The molecule has 0 amide bonds. The monoisotopic (exact) mass is 618 g/mol. The van der Waals surface area contributed by atoms with E-state index in [1.54, 1.807) is 13.8 Å². The second-order valence-electron chi connectivity index (χ2n) is 13.9. The first kappa shape index (κ1) is 33.0. The summed E-state index contributed by atoms with van der Waals surface area (Å²) in [5, 5.41) is 0. The summed E-state index contributed by atoms with van der Waals surface area (Å²) in [6.07, 6.45) is 2.29. The maximum atomic E-state index is 14.1. The molecule has 0 saturated heterocycles. The minimum absolute atomic E-state index is 0.237. The van der Waals surface area contributed by atoms with Crippen LogP contribution in [0.25, 0.3) is 5.53 Å². The summed E-state index contributed by atoms with van der Waals surface area (Å²) < 4.78 is 78.8. The molecule has 0 spiro atoms. The van der Waals surface area contributed by atoms with E-state index in [0.717, 1.165) is 12.8 Å². The Labute approximate surface area is 246 Å². The SMILES string of the molecule is CCOC(C)OC1CC2CCC1(CS(=O)(=O)C(=[N+]=[N-])S(=O)(=O)CC13CCC(CC1OC(C)OCC)C3(C)C)C2(C)C. The minimum atomic E-state index is -4.53. The van der Waals surface area contributed by atoms with Crippen LogP contribution < -0.4 is 0 Å². The summed E-state index contributed by atoms with van der Waals surface area (Å²) >= 11 is 0. The number of rotatable bonds is 12. The van der Waals surface area contributed by atoms with Gasteiger partial charge < -0.3 is 24.5 Å². The van der Waals surface area contributed by atoms with Crippen molar-refractivity contribution < 1.29 is 40.6 Å². The molecule has 4 saturated carbocycles. The van der Waals surface area contributed by atoms with Crippen LogP contribution in [0.3, 0.4) is 0 Å². The molecule has 0 aromatic rings. The molecule has 4 fully saturated rings. The molecule has 4 aliphatic rings. The van der Waals surface area contributed by atoms with E-state index in [1.807, 2.05) is 41.5 Å². The van der Waals surface area contributed by atoms with Crippen LogP contribution in [-0.4, -0.2) is 75.5 Å². The fourth-order valence-electron chi connectivity index (χ4n) is 9.19. The van der Waals surface area contributed by atoms with Gasteiger partial charge >= 0.3 is 4.38 Å². The van der Waals surface area contributed by atoms with Gasteiger partial charge in [0.1, 0.15) is 0 Å². The van der Waals surface area contributed by atoms with Gasteiger partial charge in [-0.15, -0.1) is 4.79 Å². The van der Waals surface area contributed by atoms with Gasteiger partial charge in [0, 0.05) is 24.0 Å². The Bertz CT molecular complexity index is 1170. The third-order valence-electron chi connectivity index (χ3n) is 11.7. The molecule has 0 aliphatic heterocycles. The fraction of sp³-hybridized carbons (Fsp3) is 0.966. The molecule has 4 bridgehead atoms. The smallest absolute Gasteiger partial charge is 0.359 e. The predicted octanol–water partition coefficient (Wildman–Crippen LogP) is 4.59. The molecule has 4 aliphatic carbocycles. The van der Waals surface area contributed by atoms with Crippen LogP contribution in [0.4, 0.5) is 0 Å². The molecule has 0 N–H and O–H groups in total. The van der Waals surface area contributed by atoms with Crippen molar-refractivity contribution in [2.24, 2.45) is 33.5 Å². The van der Waals surface area contributed by atoms with E-state index in [9.17, 15) is 22.4 Å². The average molecular weight is 619 g/mol. The summed E-state index contributed by atoms with van der Waals surface area (Å²) in [6.45, 7) is 16.4. The zero-order chi connectivity index (χ0) is 30.6. The number of nitrogens with zero attached hydrogens (tertiary/aromatic N) is 2. The van der Waals surface area contributed by atoms with Gasteiger partial charge in [-0.2, -0.15) is 0 Å². The van der Waals surface area contributed by atoms with E-state index in [4.69, 9.17) is 18.9 Å². The van der Waals surface area contributed by atoms with Gasteiger partial charge in [-0.05, 0) is 88.9 Å². The lowest BCUT2D eigenvalue weighted by Crippen LogP contribution is -2.51. The third-order valence-corrected chi connectivity index (χ3v) is 16.3. The van der Waals surface area contributed by atoms with E-state index in [0.29, 0.717) is 38.9 Å². The molecule has 8 atom stereocenters. The number of fused-ring (bicyclic) bond motifs is 4. The maximum Gasteiger partial charge on any atom is 0.495 e. The van der Waals surface area contributed by atoms with Gasteiger partial charge in [0.25, 0.3) is 19.7 Å². The Morgan fingerprint density at radius 2 is 1.15 bits per heavy atom. The first-order valence-corrected chi connectivity index (χ1v) is 18.5. The lowest BCUT2D eigenvalue weighted by Gasteiger charge is -2.43. The van der Waals surface area contributed by atoms with Crippen LogP contribution in [0, 0.1) is 33.5 Å². The molecule has 0 radical (unpaired) electrons. The summed E-state index contributed by atoms with van der Waals surface area (Å²) in [4.78, 5) is 3.01. The summed E-state index contributed by atoms with van der Waals surface area (Å²) in [6, 6.07) is 0. The molecular weight excluding hydrogens is 568 g/mol. The molecule has 41 heavy (non-hydrogen) atoms. The molecule has 0 aromatic heterocycles. The summed E-state index contributed by atoms with van der Waals surface area (Å²) in [5.74, 6) is -0.458. The number of hydrogen-bond donors (Lipinski definition) is 0. The standard InChI is InChI=1S/C29H50N2O8S2/c1-9-36-19(3)38-23-15-21-11-13-28(23,26(21,5)6)17-40(32,33)25(31-30)41(34,35)18-29-14-12-22(27(29,7)8)16-24(29)39-20(4)37-10-2/h19-24H,9-18H2,1-8H3. The Balaban J connectivity index is 1.65. The first-order chi connectivity index (χ1) is 18.9. The van der Waals surface area contributed by atoms with Gasteiger partial charge in [0.2, 0.25) is 0 Å². The first-order valence-electron chi connectivity index (χ1n) is 15.2. The minimum Gasteiger partial charge on any atom is -0.359 e. The second-order valence-corrected chi connectivity index (χ2v) is 17.9. The van der Waals surface area contributed by atoms with Crippen LogP contribution in [-0.2, 0) is 38.6 Å². The molecule has 12 heteroatoms. The van der Waals surface area contributed by atoms with Crippen LogP contribution >= 0.6 is 0 Å². The van der Waals surface area contributed by atoms with Gasteiger partial charge in [-0.3, -0.25) is 0 Å². The van der Waals surface area contributed by atoms with Crippen molar-refractivity contribution in [1.29, 1.82) is 0 Å². The summed E-state index contributed by atoms with van der Waals surface area (Å²) in [7, 11) is -9.07. The highest BCUT2D eigenvalue weighted by Gasteiger charge is 2.70. The lowest BCUT2D eigenvalue weighted by molar-refractivity contribution is -0.186. The van der Waals surface area contributed by atoms with Crippen molar-refractivity contribution in [2.75, 3.05) is 24.7 Å².